The van der Waals surface area contributed by atoms with Gasteiger partial charge in [-0.05, 0) is 83.0 Å². The van der Waals surface area contributed by atoms with E-state index in [1.54, 1.807) is 48.5 Å². The van der Waals surface area contributed by atoms with Crippen molar-refractivity contribution in [1.29, 1.82) is 0 Å². The molecule has 0 unspecified atom stereocenters. The summed E-state index contributed by atoms with van der Waals surface area (Å²) in [6.45, 7) is 1.28. The lowest BCUT2D eigenvalue weighted by Crippen LogP contribution is -2.55. The molecular weight excluding hydrogens is 502 g/mol. The molecule has 0 heterocycles. The van der Waals surface area contributed by atoms with Crippen LogP contribution >= 0.6 is 0 Å². The maximum Gasteiger partial charge on any atom is 0.411 e. The predicted molar refractivity (Wildman–Crippen MR) is 138 cm³/mol. The first-order valence-electron chi connectivity index (χ1n) is 11.8. The van der Waals surface area contributed by atoms with Crippen molar-refractivity contribution in [1.82, 2.24) is 0 Å². The summed E-state index contributed by atoms with van der Waals surface area (Å²) in [5.41, 5.74) is 9.29. The van der Waals surface area contributed by atoms with Crippen LogP contribution in [0.15, 0.2) is 91.0 Å². The lowest BCUT2D eigenvalue weighted by molar-refractivity contribution is -0.288. The maximum atomic E-state index is 14.6. The Kier molecular flexibility index (Phi) is 7.19. The third-order valence-corrected chi connectivity index (χ3v) is 6.71. The molecule has 0 spiro atoms. The van der Waals surface area contributed by atoms with Crippen molar-refractivity contribution < 1.29 is 26.3 Å². The Labute approximate surface area is 216 Å². The van der Waals surface area contributed by atoms with E-state index in [2.05, 4.69) is 0 Å². The highest BCUT2D eigenvalue weighted by molar-refractivity contribution is 5.50. The summed E-state index contributed by atoms with van der Waals surface area (Å²) < 4.78 is 87.9. The number of nitrogens with two attached hydrogens (primary N) is 2. The number of rotatable bonds is 6. The highest BCUT2D eigenvalue weighted by Gasteiger charge is 2.72. The van der Waals surface area contributed by atoms with Crippen LogP contribution < -0.4 is 11.5 Å². The number of hydrogen-bond acceptors (Lipinski definition) is 2. The lowest BCUT2D eigenvalue weighted by Gasteiger charge is -2.39. The number of nitrogen functional groups attached to an aromatic ring is 2. The molecule has 0 aliphatic rings. The van der Waals surface area contributed by atoms with Gasteiger partial charge < -0.3 is 11.5 Å². The van der Waals surface area contributed by atoms with Gasteiger partial charge in [-0.1, -0.05) is 66.7 Å². The zero-order chi connectivity index (χ0) is 27.7. The summed E-state index contributed by atoms with van der Waals surface area (Å²) in [4.78, 5) is 0. The third kappa shape index (κ3) is 5.21. The van der Waals surface area contributed by atoms with E-state index < -0.39 is 28.9 Å². The minimum absolute atomic E-state index is 0.0986. The van der Waals surface area contributed by atoms with E-state index in [1.165, 1.54) is 31.2 Å². The van der Waals surface area contributed by atoms with Crippen LogP contribution in [0.25, 0.3) is 0 Å². The predicted octanol–water partition coefficient (Wildman–Crippen LogP) is 7.75. The molecular formula is C30H26F6N2. The van der Waals surface area contributed by atoms with E-state index in [1.807, 2.05) is 0 Å². The van der Waals surface area contributed by atoms with E-state index in [4.69, 9.17) is 11.5 Å². The molecule has 0 aliphatic carbocycles. The Balaban J connectivity index is 1.76. The van der Waals surface area contributed by atoms with Crippen LogP contribution in [-0.4, -0.2) is 12.4 Å². The summed E-state index contributed by atoms with van der Waals surface area (Å²) in [7, 11) is 0. The smallest absolute Gasteiger partial charge is 0.399 e. The van der Waals surface area contributed by atoms with Crippen molar-refractivity contribution >= 4 is 11.4 Å². The molecule has 38 heavy (non-hydrogen) atoms. The van der Waals surface area contributed by atoms with E-state index >= 15 is 0 Å². The molecule has 0 radical (unpaired) electrons. The summed E-state index contributed by atoms with van der Waals surface area (Å²) in [5.74, 6) is 0. The summed E-state index contributed by atoms with van der Waals surface area (Å²) >= 11 is 0. The van der Waals surface area contributed by atoms with Crippen LogP contribution in [-0.2, 0) is 18.3 Å². The minimum atomic E-state index is -5.65. The second-order valence-electron chi connectivity index (χ2n) is 9.43. The standard InChI is InChI=1S/C30H26F6N2/c1-19-16-23(18-22-6-13-26(38)14-7-22)8-15-27(19)28(29(31,32)33,30(34,35)36)24-9-2-20(3-10-24)17-21-4-11-25(37)12-5-21/h2-16H,17-18,37-38H2,1H3. The molecule has 0 aliphatic heterocycles. The molecule has 0 saturated carbocycles. The highest BCUT2D eigenvalue weighted by Crippen LogP contribution is 2.57. The highest BCUT2D eigenvalue weighted by atomic mass is 19.4. The number of alkyl halides is 6. The van der Waals surface area contributed by atoms with Crippen LogP contribution in [0.2, 0.25) is 0 Å². The fourth-order valence-corrected chi connectivity index (χ4v) is 4.82. The van der Waals surface area contributed by atoms with E-state index in [0.29, 0.717) is 35.3 Å². The Morgan fingerprint density at radius 2 is 0.895 bits per heavy atom. The lowest BCUT2D eigenvalue weighted by atomic mass is 9.71. The Morgan fingerprint density at radius 1 is 0.526 bits per heavy atom. The molecule has 4 aromatic rings. The van der Waals surface area contributed by atoms with Crippen molar-refractivity contribution in [2.24, 2.45) is 0 Å². The van der Waals surface area contributed by atoms with Gasteiger partial charge in [0, 0.05) is 11.4 Å². The third-order valence-electron chi connectivity index (χ3n) is 6.71. The molecule has 8 heteroatoms. The molecule has 4 aromatic carbocycles. The first-order chi connectivity index (χ1) is 17.8. The second-order valence-corrected chi connectivity index (χ2v) is 9.43. The molecule has 198 valence electrons. The minimum Gasteiger partial charge on any atom is -0.399 e. The van der Waals surface area contributed by atoms with Crippen LogP contribution in [0, 0.1) is 6.92 Å². The number of halogens is 6. The van der Waals surface area contributed by atoms with Crippen molar-refractivity contribution in [2.45, 2.75) is 37.5 Å². The maximum absolute atomic E-state index is 14.6. The van der Waals surface area contributed by atoms with E-state index in [-0.39, 0.29) is 5.56 Å². The fourth-order valence-electron chi connectivity index (χ4n) is 4.82. The number of aryl methyl sites for hydroxylation is 1. The molecule has 0 saturated heterocycles. The van der Waals surface area contributed by atoms with Crippen molar-refractivity contribution in [2.75, 3.05) is 11.5 Å². The number of hydrogen-bond donors (Lipinski definition) is 2. The SMILES string of the molecule is Cc1cc(Cc2ccc(N)cc2)ccc1C(c1ccc(Cc2ccc(N)cc2)cc1)(C(F)(F)F)C(F)(F)F. The Bertz CT molecular complexity index is 1370. The normalized spacial score (nSPS) is 12.5. The zero-order valence-electron chi connectivity index (χ0n) is 20.5. The molecule has 4 rings (SSSR count). The summed E-state index contributed by atoms with van der Waals surface area (Å²) in [5, 5.41) is 0. The van der Waals surface area contributed by atoms with Crippen LogP contribution in [0.5, 0.6) is 0 Å². The summed E-state index contributed by atoms with van der Waals surface area (Å²) in [6, 6.07) is 21.9. The van der Waals surface area contributed by atoms with Gasteiger partial charge in [-0.2, -0.15) is 26.3 Å². The first-order valence-corrected chi connectivity index (χ1v) is 11.8. The molecule has 0 atom stereocenters. The van der Waals surface area contributed by atoms with Gasteiger partial charge in [0.15, 0.2) is 0 Å². The average molecular weight is 529 g/mol. The summed E-state index contributed by atoms with van der Waals surface area (Å²) in [6.07, 6.45) is -10.6. The number of benzene rings is 4. The van der Waals surface area contributed by atoms with Crippen LogP contribution in [0.4, 0.5) is 37.7 Å². The quantitative estimate of drug-likeness (QED) is 0.199. The Hall–Kier alpha value is -3.94. The van der Waals surface area contributed by atoms with E-state index in [9.17, 15) is 26.3 Å². The van der Waals surface area contributed by atoms with Gasteiger partial charge in [0.25, 0.3) is 0 Å². The van der Waals surface area contributed by atoms with Gasteiger partial charge in [0.1, 0.15) is 0 Å². The molecule has 0 bridgehead atoms. The first kappa shape index (κ1) is 27.1. The van der Waals surface area contributed by atoms with Gasteiger partial charge in [-0.3, -0.25) is 0 Å². The molecule has 0 amide bonds. The zero-order valence-corrected chi connectivity index (χ0v) is 20.5. The topological polar surface area (TPSA) is 52.0 Å². The molecule has 4 N–H and O–H groups in total. The molecule has 0 aromatic heterocycles. The molecule has 2 nitrogen and oxygen atoms in total. The molecule has 0 fully saturated rings. The van der Waals surface area contributed by atoms with Gasteiger partial charge in [-0.25, -0.2) is 0 Å². The van der Waals surface area contributed by atoms with Crippen molar-refractivity contribution in [3.05, 3.63) is 130 Å². The van der Waals surface area contributed by atoms with Crippen LogP contribution in [0.3, 0.4) is 0 Å². The largest absolute Gasteiger partial charge is 0.411 e. The number of anilines is 2. The second kappa shape index (κ2) is 10.1. The van der Waals surface area contributed by atoms with Gasteiger partial charge >= 0.3 is 12.4 Å². The van der Waals surface area contributed by atoms with Gasteiger partial charge in [0.05, 0.1) is 0 Å². The van der Waals surface area contributed by atoms with E-state index in [0.717, 1.165) is 29.3 Å². The fraction of sp³-hybridized carbons (Fsp3) is 0.200. The van der Waals surface area contributed by atoms with Crippen molar-refractivity contribution in [3.8, 4) is 0 Å². The van der Waals surface area contributed by atoms with Crippen molar-refractivity contribution in [3.63, 3.8) is 0 Å². The average Bonchev–Trinajstić information content (AvgIpc) is 2.83. The van der Waals surface area contributed by atoms with Gasteiger partial charge in [-0.15, -0.1) is 0 Å². The monoisotopic (exact) mass is 528 g/mol. The Morgan fingerprint density at radius 3 is 1.29 bits per heavy atom. The van der Waals surface area contributed by atoms with Crippen LogP contribution in [0.1, 0.15) is 38.9 Å². The van der Waals surface area contributed by atoms with Gasteiger partial charge in [0.2, 0.25) is 5.41 Å².